The van der Waals surface area contributed by atoms with Gasteiger partial charge in [0.15, 0.2) is 0 Å². The Morgan fingerprint density at radius 1 is 1.41 bits per heavy atom. The normalized spacial score (nSPS) is 10.3. The molecular formula is C12H15Cl2NO2. The number of anilines is 1. The minimum Gasteiger partial charge on any atom is -0.481 e. The number of carboxylic acids is 1. The van der Waals surface area contributed by atoms with E-state index >= 15 is 0 Å². The largest absolute Gasteiger partial charge is 0.481 e. The summed E-state index contributed by atoms with van der Waals surface area (Å²) in [5.41, 5.74) is 0.893. The molecule has 1 aromatic rings. The summed E-state index contributed by atoms with van der Waals surface area (Å²) in [6.45, 7) is 3.46. The van der Waals surface area contributed by atoms with Gasteiger partial charge in [0.2, 0.25) is 0 Å². The van der Waals surface area contributed by atoms with Gasteiger partial charge < -0.3 is 10.0 Å². The smallest absolute Gasteiger partial charge is 0.303 e. The molecule has 0 spiro atoms. The Bertz CT molecular complexity index is 396. The standard InChI is InChI=1S/C12H15Cl2NO2/c1-2-15(7-3-4-12(16)17)11-6-5-9(13)8-10(11)14/h5-6,8H,2-4,7H2,1H3,(H,16,17). The van der Waals surface area contributed by atoms with E-state index in [1.165, 1.54) is 0 Å². The molecule has 0 saturated heterocycles. The fourth-order valence-electron chi connectivity index (χ4n) is 1.61. The van der Waals surface area contributed by atoms with Crippen LogP contribution in [-0.2, 0) is 4.79 Å². The summed E-state index contributed by atoms with van der Waals surface area (Å²) >= 11 is 11.9. The molecule has 1 N–H and O–H groups in total. The topological polar surface area (TPSA) is 40.5 Å². The van der Waals surface area contributed by atoms with Gasteiger partial charge >= 0.3 is 5.97 Å². The number of hydrogen-bond donors (Lipinski definition) is 1. The number of carbonyl (C=O) groups is 1. The summed E-state index contributed by atoms with van der Waals surface area (Å²) in [6.07, 6.45) is 0.768. The molecule has 0 fully saturated rings. The molecule has 0 aliphatic heterocycles. The van der Waals surface area contributed by atoms with Gasteiger partial charge in [0.05, 0.1) is 10.7 Å². The summed E-state index contributed by atoms with van der Waals surface area (Å²) in [5.74, 6) is -0.775. The molecule has 0 aliphatic carbocycles. The lowest BCUT2D eigenvalue weighted by Crippen LogP contribution is -2.24. The molecule has 0 unspecified atom stereocenters. The number of aliphatic carboxylic acids is 1. The van der Waals surface area contributed by atoms with E-state index in [0.29, 0.717) is 23.0 Å². The van der Waals surface area contributed by atoms with Gasteiger partial charge in [0, 0.05) is 24.5 Å². The fraction of sp³-hybridized carbons (Fsp3) is 0.417. The van der Waals surface area contributed by atoms with Gasteiger partial charge in [-0.1, -0.05) is 23.2 Å². The molecule has 0 bridgehead atoms. The Kier molecular flexibility index (Phi) is 5.59. The third-order valence-corrected chi connectivity index (χ3v) is 2.99. The molecule has 1 rings (SSSR count). The van der Waals surface area contributed by atoms with E-state index in [9.17, 15) is 4.79 Å². The summed E-state index contributed by atoms with van der Waals surface area (Å²) in [6, 6.07) is 5.33. The van der Waals surface area contributed by atoms with Crippen molar-refractivity contribution in [2.75, 3.05) is 18.0 Å². The van der Waals surface area contributed by atoms with Crippen LogP contribution in [0.4, 0.5) is 5.69 Å². The minimum absolute atomic E-state index is 0.168. The highest BCUT2D eigenvalue weighted by Gasteiger charge is 2.09. The third-order valence-electron chi connectivity index (χ3n) is 2.45. The van der Waals surface area contributed by atoms with Gasteiger partial charge in [-0.3, -0.25) is 4.79 Å². The molecular weight excluding hydrogens is 261 g/mol. The Morgan fingerprint density at radius 2 is 2.12 bits per heavy atom. The molecule has 0 aromatic heterocycles. The molecule has 17 heavy (non-hydrogen) atoms. The van der Waals surface area contributed by atoms with Crippen molar-refractivity contribution in [2.24, 2.45) is 0 Å². The fourth-order valence-corrected chi connectivity index (χ4v) is 2.14. The highest BCUT2D eigenvalue weighted by molar-refractivity contribution is 6.36. The molecule has 0 atom stereocenters. The van der Waals surface area contributed by atoms with E-state index in [0.717, 1.165) is 12.2 Å². The van der Waals surface area contributed by atoms with E-state index in [1.807, 2.05) is 17.9 Å². The number of hydrogen-bond acceptors (Lipinski definition) is 2. The van der Waals surface area contributed by atoms with Crippen LogP contribution in [0.3, 0.4) is 0 Å². The van der Waals surface area contributed by atoms with Crippen molar-refractivity contribution in [3.05, 3.63) is 28.2 Å². The predicted octanol–water partition coefficient (Wildman–Crippen LogP) is 3.68. The van der Waals surface area contributed by atoms with Crippen molar-refractivity contribution in [3.63, 3.8) is 0 Å². The van der Waals surface area contributed by atoms with Crippen LogP contribution in [0.1, 0.15) is 19.8 Å². The van der Waals surface area contributed by atoms with E-state index in [4.69, 9.17) is 28.3 Å². The molecule has 0 saturated carbocycles. The first-order chi connectivity index (χ1) is 8.04. The third kappa shape index (κ3) is 4.44. The molecule has 0 heterocycles. The molecule has 94 valence electrons. The first-order valence-corrected chi connectivity index (χ1v) is 6.22. The van der Waals surface area contributed by atoms with Gasteiger partial charge in [0.25, 0.3) is 0 Å². The summed E-state index contributed by atoms with van der Waals surface area (Å²) < 4.78 is 0. The molecule has 0 aliphatic rings. The van der Waals surface area contributed by atoms with Crippen molar-refractivity contribution in [2.45, 2.75) is 19.8 Å². The highest BCUT2D eigenvalue weighted by atomic mass is 35.5. The monoisotopic (exact) mass is 275 g/mol. The first-order valence-electron chi connectivity index (χ1n) is 5.46. The van der Waals surface area contributed by atoms with Crippen molar-refractivity contribution < 1.29 is 9.90 Å². The van der Waals surface area contributed by atoms with Crippen LogP contribution in [0.15, 0.2) is 18.2 Å². The number of halogens is 2. The molecule has 0 amide bonds. The molecule has 0 radical (unpaired) electrons. The van der Waals surface area contributed by atoms with Crippen molar-refractivity contribution in [1.29, 1.82) is 0 Å². The van der Waals surface area contributed by atoms with Gasteiger partial charge in [-0.25, -0.2) is 0 Å². The van der Waals surface area contributed by atoms with Gasteiger partial charge in [-0.15, -0.1) is 0 Å². The first kappa shape index (κ1) is 14.1. The summed E-state index contributed by atoms with van der Waals surface area (Å²) in [4.78, 5) is 12.5. The van der Waals surface area contributed by atoms with Crippen LogP contribution < -0.4 is 4.90 Å². The van der Waals surface area contributed by atoms with E-state index in [-0.39, 0.29) is 6.42 Å². The van der Waals surface area contributed by atoms with Crippen LogP contribution in [0.2, 0.25) is 10.0 Å². The number of nitrogens with zero attached hydrogens (tertiary/aromatic N) is 1. The van der Waals surface area contributed by atoms with Crippen LogP contribution in [0, 0.1) is 0 Å². The predicted molar refractivity (Wildman–Crippen MR) is 71.2 cm³/mol. The second-order valence-electron chi connectivity index (χ2n) is 3.67. The van der Waals surface area contributed by atoms with Crippen LogP contribution in [0.25, 0.3) is 0 Å². The summed E-state index contributed by atoms with van der Waals surface area (Å²) in [7, 11) is 0. The van der Waals surface area contributed by atoms with Gasteiger partial charge in [-0.05, 0) is 31.5 Å². The number of rotatable bonds is 6. The maximum Gasteiger partial charge on any atom is 0.303 e. The van der Waals surface area contributed by atoms with Gasteiger partial charge in [-0.2, -0.15) is 0 Å². The average Bonchev–Trinajstić information content (AvgIpc) is 2.25. The van der Waals surface area contributed by atoms with Crippen LogP contribution >= 0.6 is 23.2 Å². The molecule has 1 aromatic carbocycles. The number of carboxylic acid groups (broad SMARTS) is 1. The maximum atomic E-state index is 10.5. The molecule has 3 nitrogen and oxygen atoms in total. The molecule has 5 heteroatoms. The lowest BCUT2D eigenvalue weighted by atomic mass is 10.2. The Morgan fingerprint density at radius 3 is 2.65 bits per heavy atom. The van der Waals surface area contributed by atoms with Crippen molar-refractivity contribution in [1.82, 2.24) is 0 Å². The lowest BCUT2D eigenvalue weighted by molar-refractivity contribution is -0.137. The van der Waals surface area contributed by atoms with Gasteiger partial charge in [0.1, 0.15) is 0 Å². The quantitative estimate of drug-likeness (QED) is 0.861. The Balaban J connectivity index is 2.69. The zero-order valence-corrected chi connectivity index (χ0v) is 11.1. The zero-order valence-electron chi connectivity index (χ0n) is 9.62. The second kappa shape index (κ2) is 6.72. The zero-order chi connectivity index (χ0) is 12.8. The average molecular weight is 276 g/mol. The van der Waals surface area contributed by atoms with Crippen molar-refractivity contribution in [3.8, 4) is 0 Å². The Hall–Kier alpha value is -0.930. The summed E-state index contributed by atoms with van der Waals surface area (Å²) in [5, 5.41) is 9.79. The van der Waals surface area contributed by atoms with Crippen LogP contribution in [0.5, 0.6) is 0 Å². The minimum atomic E-state index is -0.775. The van der Waals surface area contributed by atoms with E-state index in [2.05, 4.69) is 0 Å². The van der Waals surface area contributed by atoms with Crippen LogP contribution in [-0.4, -0.2) is 24.2 Å². The Labute approximate surface area is 111 Å². The highest BCUT2D eigenvalue weighted by Crippen LogP contribution is 2.28. The van der Waals surface area contributed by atoms with E-state index in [1.54, 1.807) is 12.1 Å². The van der Waals surface area contributed by atoms with Crippen molar-refractivity contribution >= 4 is 34.9 Å². The SMILES string of the molecule is CCN(CCCC(=O)O)c1ccc(Cl)cc1Cl. The van der Waals surface area contributed by atoms with E-state index < -0.39 is 5.97 Å². The maximum absolute atomic E-state index is 10.5. The second-order valence-corrected chi connectivity index (χ2v) is 4.52. The number of benzene rings is 1. The lowest BCUT2D eigenvalue weighted by Gasteiger charge is -2.24.